The van der Waals surface area contributed by atoms with Crippen LogP contribution < -0.4 is 19.1 Å². The van der Waals surface area contributed by atoms with Crippen molar-refractivity contribution >= 4 is 41.3 Å². The zero-order valence-corrected chi connectivity index (χ0v) is 39.0. The summed E-state index contributed by atoms with van der Waals surface area (Å²) in [5.74, 6) is 0.875. The highest BCUT2D eigenvalue weighted by molar-refractivity contribution is 7.57. The van der Waals surface area contributed by atoms with Crippen LogP contribution in [0.5, 0.6) is 17.2 Å². The van der Waals surface area contributed by atoms with Crippen molar-refractivity contribution in [1.29, 1.82) is 0 Å². The average Bonchev–Trinajstić information content (AvgIpc) is 4.00. The molecule has 6 atom stereocenters. The number of nitrogens with zero attached hydrogens (tertiary/aromatic N) is 4. The number of aliphatic hydroxyl groups is 2. The molecular formula is C50H56N7O9P. The Hall–Kier alpha value is -6.71. The second kappa shape index (κ2) is 20.4. The van der Waals surface area contributed by atoms with Crippen LogP contribution in [-0.4, -0.2) is 103 Å². The van der Waals surface area contributed by atoms with Crippen LogP contribution in [0.2, 0.25) is 0 Å². The number of urea groups is 1. The Morgan fingerprint density at radius 1 is 0.761 bits per heavy atom. The van der Waals surface area contributed by atoms with Crippen molar-refractivity contribution in [1.82, 2.24) is 35.3 Å². The molecule has 0 aliphatic carbocycles. The van der Waals surface area contributed by atoms with Crippen LogP contribution in [0.25, 0.3) is 21.8 Å². The minimum Gasteiger partial charge on any atom is -0.497 e. The number of H-pyrrole nitrogens is 2. The summed E-state index contributed by atoms with van der Waals surface area (Å²) in [5.41, 5.74) is 6.44. The first-order chi connectivity index (χ1) is 32.3. The van der Waals surface area contributed by atoms with Gasteiger partial charge in [0.1, 0.15) is 35.5 Å². The number of esters is 1. The number of carbonyl (C=O) groups excluding carboxylic acids is 2. The molecule has 0 radical (unpaired) electrons. The summed E-state index contributed by atoms with van der Waals surface area (Å²) in [5, 5.41) is 43.7. The molecule has 2 amide bonds. The number of para-hydroxylation sites is 1. The number of hydrogen-bond acceptors (Lipinski definition) is 11. The molecule has 2 aromatic heterocycles. The fourth-order valence-corrected chi connectivity index (χ4v) is 10.4. The van der Waals surface area contributed by atoms with E-state index in [4.69, 9.17) is 18.7 Å². The third kappa shape index (κ3) is 10.8. The maximum atomic E-state index is 15.4. The quantitative estimate of drug-likeness (QED) is 0.0417. The summed E-state index contributed by atoms with van der Waals surface area (Å²) in [6.07, 6.45) is 0.686. The molecule has 7 aromatic rings. The summed E-state index contributed by atoms with van der Waals surface area (Å²) < 4.78 is 37.3. The minimum absolute atomic E-state index is 0.120. The van der Waals surface area contributed by atoms with Crippen LogP contribution in [0.1, 0.15) is 47.2 Å². The number of methoxy groups -OCH3 is 1. The second-order valence-electron chi connectivity index (χ2n) is 17.0. The lowest BCUT2D eigenvalue weighted by atomic mass is 9.90. The first-order valence-electron chi connectivity index (χ1n) is 22.2. The Bertz CT molecular complexity index is 2850. The largest absolute Gasteiger partial charge is 0.497 e. The molecule has 1 unspecified atom stereocenters. The zero-order chi connectivity index (χ0) is 47.2. The number of aromatic amines is 2. The molecule has 1 aliphatic rings. The van der Waals surface area contributed by atoms with Gasteiger partial charge < -0.3 is 38.7 Å². The van der Waals surface area contributed by atoms with Crippen LogP contribution in [0.4, 0.5) is 4.79 Å². The van der Waals surface area contributed by atoms with Crippen molar-refractivity contribution in [3.8, 4) is 17.2 Å². The van der Waals surface area contributed by atoms with E-state index in [9.17, 15) is 19.6 Å². The van der Waals surface area contributed by atoms with Crippen LogP contribution in [0.3, 0.4) is 0 Å². The van der Waals surface area contributed by atoms with E-state index in [1.54, 1.807) is 67.4 Å². The number of fused-ring (bicyclic) bond motifs is 2. The molecular weight excluding hydrogens is 874 g/mol. The highest BCUT2D eigenvalue weighted by atomic mass is 31.2. The zero-order valence-electron chi connectivity index (χ0n) is 38.1. The van der Waals surface area contributed by atoms with Crippen molar-refractivity contribution in [2.75, 3.05) is 20.1 Å². The molecule has 8 rings (SSSR count). The van der Waals surface area contributed by atoms with Crippen LogP contribution >= 0.6 is 7.52 Å². The molecule has 0 spiro atoms. The SMILES string of the molecule is CCOC(=O)[C@H](C)NP(=O)(COc1ccc(C[C@@H]2[C@H](O)[C@@H](O)[C@@H](Cc3ccc(OC)cc3)N(Cc3ccc4[nH]ncc4c3)C(=O)N2Cc2ccc3[nH]ncc3c2)cc1)Oc1c(C)cccc1C. The first kappa shape index (κ1) is 46.8. The second-order valence-corrected chi connectivity index (χ2v) is 19.0. The van der Waals surface area contributed by atoms with E-state index < -0.39 is 50.2 Å². The van der Waals surface area contributed by atoms with Crippen molar-refractivity contribution in [2.24, 2.45) is 0 Å². The summed E-state index contributed by atoms with van der Waals surface area (Å²) in [6, 6.07) is 28.6. The number of aliphatic hydroxyl groups excluding tert-OH is 2. The van der Waals surface area contributed by atoms with Gasteiger partial charge >= 0.3 is 19.5 Å². The summed E-state index contributed by atoms with van der Waals surface area (Å²) in [6.45, 7) is 7.36. The Balaban J connectivity index is 1.10. The van der Waals surface area contributed by atoms with E-state index in [1.165, 1.54) is 0 Å². The number of aryl methyl sites for hydroxylation is 2. The lowest BCUT2D eigenvalue weighted by molar-refractivity contribution is -0.144. The van der Waals surface area contributed by atoms with Gasteiger partial charge in [-0.2, -0.15) is 10.2 Å². The predicted octanol–water partition coefficient (Wildman–Crippen LogP) is 7.60. The molecule has 17 heteroatoms. The van der Waals surface area contributed by atoms with Gasteiger partial charge in [0, 0.05) is 23.9 Å². The van der Waals surface area contributed by atoms with E-state index in [-0.39, 0.29) is 38.6 Å². The highest BCUT2D eigenvalue weighted by Gasteiger charge is 2.46. The Labute approximate surface area is 388 Å². The number of carbonyl (C=O) groups is 2. The maximum Gasteiger partial charge on any atom is 0.354 e. The van der Waals surface area contributed by atoms with Crippen molar-refractivity contribution < 1.29 is 43.1 Å². The van der Waals surface area contributed by atoms with E-state index in [1.807, 2.05) is 92.7 Å². The lowest BCUT2D eigenvalue weighted by Crippen LogP contribution is -2.50. The normalized spacial score (nSPS) is 18.9. The van der Waals surface area contributed by atoms with Gasteiger partial charge in [-0.15, -0.1) is 0 Å². The highest BCUT2D eigenvalue weighted by Crippen LogP contribution is 2.46. The molecule has 350 valence electrons. The van der Waals surface area contributed by atoms with Gasteiger partial charge in [-0.1, -0.05) is 54.6 Å². The molecule has 3 heterocycles. The monoisotopic (exact) mass is 929 g/mol. The van der Waals surface area contributed by atoms with Crippen LogP contribution in [-0.2, 0) is 40.0 Å². The molecule has 67 heavy (non-hydrogen) atoms. The molecule has 0 bridgehead atoms. The summed E-state index contributed by atoms with van der Waals surface area (Å²) in [4.78, 5) is 31.4. The Morgan fingerprint density at radius 2 is 1.25 bits per heavy atom. The molecule has 16 nitrogen and oxygen atoms in total. The topological polar surface area (TPSA) is 204 Å². The smallest absolute Gasteiger partial charge is 0.354 e. The van der Waals surface area contributed by atoms with E-state index in [2.05, 4.69) is 25.5 Å². The van der Waals surface area contributed by atoms with E-state index >= 15 is 4.79 Å². The van der Waals surface area contributed by atoms with Crippen LogP contribution in [0, 0.1) is 13.8 Å². The summed E-state index contributed by atoms with van der Waals surface area (Å²) >= 11 is 0. The van der Waals surface area contributed by atoms with Gasteiger partial charge in [0.25, 0.3) is 0 Å². The number of benzene rings is 5. The predicted molar refractivity (Wildman–Crippen MR) is 254 cm³/mol. The molecule has 0 saturated carbocycles. The number of amides is 2. The maximum absolute atomic E-state index is 15.4. The number of nitrogens with one attached hydrogen (secondary N) is 3. The van der Waals surface area contributed by atoms with Crippen molar-refractivity contribution in [3.63, 3.8) is 0 Å². The Kier molecular flexibility index (Phi) is 14.3. The molecule has 5 aromatic carbocycles. The first-order valence-corrected chi connectivity index (χ1v) is 24.0. The van der Waals surface area contributed by atoms with E-state index in [0.29, 0.717) is 17.2 Å². The molecule has 1 aliphatic heterocycles. The third-order valence-electron chi connectivity index (χ3n) is 12.2. The van der Waals surface area contributed by atoms with Gasteiger partial charge in [-0.05, 0) is 122 Å². The standard InChI is InChI=1S/C50H56N7O9P/c1-6-64-49(60)33(4)55-67(62,66-48-31(2)8-7-9-32(48)3)30-65-41-18-12-35(13-19-41)25-45-47(59)46(58)44(24-34-10-16-40(63-5)17-11-34)56(28-36-14-20-42-38(22-36)26-51-53-42)50(61)57(45)29-37-15-21-43-39(23-37)27-52-54-43/h7-23,26-27,33,44-47,58-59H,6,24-25,28-30H2,1-5H3,(H,51,53)(H,52,54)(H,55,62)/t33-,44+,45+,46-,47-,67?/m0/s1. The minimum atomic E-state index is -3.89. The number of aromatic nitrogens is 4. The molecule has 5 N–H and O–H groups in total. The van der Waals surface area contributed by atoms with Gasteiger partial charge in [0.2, 0.25) is 0 Å². The molecule has 1 fully saturated rings. The number of ether oxygens (including phenoxy) is 3. The van der Waals surface area contributed by atoms with Crippen LogP contribution in [0.15, 0.2) is 116 Å². The van der Waals surface area contributed by atoms with Gasteiger partial charge in [0.05, 0.1) is 49.2 Å². The molecule has 1 saturated heterocycles. The Morgan fingerprint density at radius 3 is 1.75 bits per heavy atom. The number of rotatable bonds is 18. The average molecular weight is 930 g/mol. The third-order valence-corrected chi connectivity index (χ3v) is 13.9. The van der Waals surface area contributed by atoms with Gasteiger partial charge in [-0.3, -0.25) is 19.6 Å². The fourth-order valence-electron chi connectivity index (χ4n) is 8.60. The lowest BCUT2D eigenvalue weighted by Gasteiger charge is -2.36. The fraction of sp³-hybridized carbons (Fsp3) is 0.320. The number of hydrogen-bond donors (Lipinski definition) is 5. The van der Waals surface area contributed by atoms with E-state index in [0.717, 1.165) is 55.2 Å². The summed E-state index contributed by atoms with van der Waals surface area (Å²) in [7, 11) is -2.30. The van der Waals surface area contributed by atoms with Gasteiger partial charge in [0.15, 0.2) is 6.35 Å². The van der Waals surface area contributed by atoms with Crippen molar-refractivity contribution in [2.45, 2.75) is 84.0 Å². The van der Waals surface area contributed by atoms with Gasteiger partial charge in [-0.25, -0.2) is 9.88 Å². The van der Waals surface area contributed by atoms with Crippen molar-refractivity contribution in [3.05, 3.63) is 149 Å².